The van der Waals surface area contributed by atoms with Crippen molar-refractivity contribution in [2.75, 3.05) is 7.11 Å². The molecule has 4 nitrogen and oxygen atoms in total. The molecule has 0 saturated carbocycles. The molecule has 4 heteroatoms. The number of methoxy groups -OCH3 is 1. The van der Waals surface area contributed by atoms with Crippen LogP contribution in [0.1, 0.15) is 11.3 Å². The minimum atomic E-state index is 0.748. The molecule has 4 rings (SSSR count). The van der Waals surface area contributed by atoms with E-state index in [0.717, 1.165) is 50.4 Å². The van der Waals surface area contributed by atoms with Crippen LogP contribution in [0.25, 0.3) is 21.9 Å². The number of furan rings is 1. The van der Waals surface area contributed by atoms with Crippen LogP contribution in [0, 0.1) is 13.8 Å². The summed E-state index contributed by atoms with van der Waals surface area (Å²) in [6.45, 7) is 3.94. The second-order valence-corrected chi connectivity index (χ2v) is 5.81. The van der Waals surface area contributed by atoms with Gasteiger partial charge in [-0.2, -0.15) is 0 Å². The molecule has 0 unspecified atom stereocenters. The Labute approximate surface area is 139 Å². The lowest BCUT2D eigenvalue weighted by Crippen LogP contribution is -1.91. The number of pyridine rings is 1. The van der Waals surface area contributed by atoms with Crippen molar-refractivity contribution in [3.8, 4) is 17.2 Å². The molecule has 0 N–H and O–H groups in total. The Morgan fingerprint density at radius 3 is 2.67 bits per heavy atom. The number of benzene rings is 2. The molecule has 0 aliphatic rings. The number of hydrogen-bond acceptors (Lipinski definition) is 4. The Bertz CT molecular complexity index is 1050. The maximum Gasteiger partial charge on any atom is 0.138 e. The number of aryl methyl sites for hydroxylation is 2. The molecule has 4 aromatic rings. The van der Waals surface area contributed by atoms with Gasteiger partial charge in [-0.1, -0.05) is 0 Å². The Morgan fingerprint density at radius 1 is 0.958 bits per heavy atom. The highest BCUT2D eigenvalue weighted by molar-refractivity contribution is 5.87. The number of nitrogens with zero attached hydrogens (tertiary/aromatic N) is 1. The average molecular weight is 319 g/mol. The maximum atomic E-state index is 6.11. The van der Waals surface area contributed by atoms with Crippen LogP contribution in [0.15, 0.2) is 53.1 Å². The van der Waals surface area contributed by atoms with Crippen LogP contribution in [0.2, 0.25) is 0 Å². The van der Waals surface area contributed by atoms with E-state index in [1.54, 1.807) is 13.3 Å². The molecule has 120 valence electrons. The topological polar surface area (TPSA) is 44.5 Å². The zero-order chi connectivity index (χ0) is 16.7. The van der Waals surface area contributed by atoms with Gasteiger partial charge in [0.05, 0.1) is 12.6 Å². The monoisotopic (exact) mass is 319 g/mol. The number of fused-ring (bicyclic) bond motifs is 2. The van der Waals surface area contributed by atoms with E-state index in [4.69, 9.17) is 13.9 Å². The molecule has 0 fully saturated rings. The van der Waals surface area contributed by atoms with Crippen molar-refractivity contribution in [3.63, 3.8) is 0 Å². The highest BCUT2D eigenvalue weighted by atomic mass is 16.5. The molecule has 24 heavy (non-hydrogen) atoms. The summed E-state index contributed by atoms with van der Waals surface area (Å²) < 4.78 is 17.1. The van der Waals surface area contributed by atoms with Gasteiger partial charge in [-0.05, 0) is 61.9 Å². The molecule has 0 aliphatic heterocycles. The quantitative estimate of drug-likeness (QED) is 0.507. The van der Waals surface area contributed by atoms with Crippen LogP contribution in [0.4, 0.5) is 0 Å². The van der Waals surface area contributed by atoms with Crippen LogP contribution in [0.5, 0.6) is 17.2 Å². The highest BCUT2D eigenvalue weighted by Crippen LogP contribution is 2.34. The summed E-state index contributed by atoms with van der Waals surface area (Å²) >= 11 is 0. The molecule has 2 aromatic carbocycles. The standard InChI is InChI=1S/C20H17NO3/c1-12-8-17-16(11-20(12)22-3)19(6-7-21-17)24-15-4-5-18-14(10-15)9-13(2)23-18/h4-11H,1-3H3. The van der Waals surface area contributed by atoms with E-state index in [9.17, 15) is 0 Å². The van der Waals surface area contributed by atoms with Crippen LogP contribution in [-0.4, -0.2) is 12.1 Å². The summed E-state index contributed by atoms with van der Waals surface area (Å²) in [5.41, 5.74) is 2.78. The molecular formula is C20H17NO3. The molecule has 2 heterocycles. The third-order valence-corrected chi connectivity index (χ3v) is 4.06. The highest BCUT2D eigenvalue weighted by Gasteiger charge is 2.10. The maximum absolute atomic E-state index is 6.11. The van der Waals surface area contributed by atoms with Crippen molar-refractivity contribution < 1.29 is 13.9 Å². The van der Waals surface area contributed by atoms with Crippen molar-refractivity contribution in [1.82, 2.24) is 4.98 Å². The second-order valence-electron chi connectivity index (χ2n) is 5.81. The number of aromatic nitrogens is 1. The average Bonchev–Trinajstić information content (AvgIpc) is 2.94. The Balaban J connectivity index is 1.80. The first-order valence-electron chi connectivity index (χ1n) is 7.75. The number of rotatable bonds is 3. The molecule has 0 spiro atoms. The van der Waals surface area contributed by atoms with Crippen LogP contribution in [-0.2, 0) is 0 Å². The van der Waals surface area contributed by atoms with Crippen molar-refractivity contribution in [2.24, 2.45) is 0 Å². The van der Waals surface area contributed by atoms with Gasteiger partial charge in [0.15, 0.2) is 0 Å². The Kier molecular flexibility index (Phi) is 3.38. The smallest absolute Gasteiger partial charge is 0.138 e. The van der Waals surface area contributed by atoms with Crippen LogP contribution in [0.3, 0.4) is 0 Å². The fourth-order valence-corrected chi connectivity index (χ4v) is 2.91. The van der Waals surface area contributed by atoms with Gasteiger partial charge < -0.3 is 13.9 Å². The van der Waals surface area contributed by atoms with Gasteiger partial charge in [-0.25, -0.2) is 0 Å². The summed E-state index contributed by atoms with van der Waals surface area (Å²) in [6, 6.07) is 13.6. The minimum absolute atomic E-state index is 0.748. The first kappa shape index (κ1) is 14.6. The van der Waals surface area contributed by atoms with Gasteiger partial charge in [-0.3, -0.25) is 4.98 Å². The minimum Gasteiger partial charge on any atom is -0.496 e. The summed E-state index contributed by atoms with van der Waals surface area (Å²) in [4.78, 5) is 4.42. The van der Waals surface area contributed by atoms with E-state index < -0.39 is 0 Å². The van der Waals surface area contributed by atoms with Gasteiger partial charge in [0.25, 0.3) is 0 Å². The lowest BCUT2D eigenvalue weighted by Gasteiger charge is -2.11. The third kappa shape index (κ3) is 2.46. The molecule has 0 amide bonds. The van der Waals surface area contributed by atoms with Crippen molar-refractivity contribution in [3.05, 3.63) is 60.0 Å². The second kappa shape index (κ2) is 5.57. The third-order valence-electron chi connectivity index (χ3n) is 4.06. The largest absolute Gasteiger partial charge is 0.496 e. The molecule has 0 atom stereocenters. The predicted octanol–water partition coefficient (Wildman–Crippen LogP) is 5.40. The molecule has 0 aliphatic carbocycles. The molecule has 0 saturated heterocycles. The van der Waals surface area contributed by atoms with E-state index in [1.165, 1.54) is 0 Å². The van der Waals surface area contributed by atoms with E-state index >= 15 is 0 Å². The summed E-state index contributed by atoms with van der Waals surface area (Å²) in [5.74, 6) is 3.21. The summed E-state index contributed by atoms with van der Waals surface area (Å²) in [7, 11) is 1.67. The first-order valence-corrected chi connectivity index (χ1v) is 7.75. The lowest BCUT2D eigenvalue weighted by atomic mass is 10.1. The van der Waals surface area contributed by atoms with Gasteiger partial charge >= 0.3 is 0 Å². The molecule has 0 bridgehead atoms. The molecule has 2 aromatic heterocycles. The Hall–Kier alpha value is -3.01. The first-order chi connectivity index (χ1) is 11.6. The van der Waals surface area contributed by atoms with Gasteiger partial charge in [0, 0.05) is 17.0 Å². The van der Waals surface area contributed by atoms with Crippen molar-refractivity contribution in [2.45, 2.75) is 13.8 Å². The van der Waals surface area contributed by atoms with Gasteiger partial charge in [0.2, 0.25) is 0 Å². The van der Waals surface area contributed by atoms with E-state index in [0.29, 0.717) is 0 Å². The van der Waals surface area contributed by atoms with Crippen molar-refractivity contribution in [1.29, 1.82) is 0 Å². The molecule has 0 radical (unpaired) electrons. The molecular weight excluding hydrogens is 302 g/mol. The predicted molar refractivity (Wildman–Crippen MR) is 94.1 cm³/mol. The van der Waals surface area contributed by atoms with Crippen LogP contribution < -0.4 is 9.47 Å². The summed E-state index contributed by atoms with van der Waals surface area (Å²) in [5, 5.41) is 1.94. The van der Waals surface area contributed by atoms with E-state index in [2.05, 4.69) is 4.98 Å². The van der Waals surface area contributed by atoms with Gasteiger partial charge in [-0.15, -0.1) is 0 Å². The normalized spacial score (nSPS) is 11.1. The summed E-state index contributed by atoms with van der Waals surface area (Å²) in [6.07, 6.45) is 1.75. The number of ether oxygens (including phenoxy) is 2. The zero-order valence-corrected chi connectivity index (χ0v) is 13.8. The Morgan fingerprint density at radius 2 is 1.83 bits per heavy atom. The lowest BCUT2D eigenvalue weighted by molar-refractivity contribution is 0.412. The number of hydrogen-bond donors (Lipinski definition) is 0. The SMILES string of the molecule is COc1cc2c(Oc3ccc4oc(C)cc4c3)ccnc2cc1C. The fraction of sp³-hybridized carbons (Fsp3) is 0.150. The van der Waals surface area contributed by atoms with Crippen molar-refractivity contribution >= 4 is 21.9 Å². The van der Waals surface area contributed by atoms with Gasteiger partial charge in [0.1, 0.15) is 28.6 Å². The van der Waals surface area contributed by atoms with E-state index in [-0.39, 0.29) is 0 Å². The van der Waals surface area contributed by atoms with E-state index in [1.807, 2.05) is 56.3 Å². The van der Waals surface area contributed by atoms with Crippen LogP contribution >= 0.6 is 0 Å². The zero-order valence-electron chi connectivity index (χ0n) is 13.8. The fourth-order valence-electron chi connectivity index (χ4n) is 2.91.